The Hall–Kier alpha value is -2.19. The molecule has 1 aliphatic rings. The predicted octanol–water partition coefficient (Wildman–Crippen LogP) is 4.23. The Labute approximate surface area is 207 Å². The molecular weight excluding hydrogens is 448 g/mol. The van der Waals surface area contributed by atoms with Crippen molar-refractivity contribution in [2.75, 3.05) is 39.4 Å². The van der Waals surface area contributed by atoms with Crippen molar-refractivity contribution in [3.05, 3.63) is 64.4 Å². The SMILES string of the molecule is C=CCN(CC(=O)N1CCc2sccc2[C@@H]1COc1cccc(C)c1)C[C@H](O)COC(C)(C)C. The summed E-state index contributed by atoms with van der Waals surface area (Å²) >= 11 is 1.74. The average molecular weight is 487 g/mol. The van der Waals surface area contributed by atoms with E-state index >= 15 is 0 Å². The molecule has 0 saturated heterocycles. The van der Waals surface area contributed by atoms with Gasteiger partial charge in [0.25, 0.3) is 0 Å². The molecule has 0 unspecified atom stereocenters. The van der Waals surface area contributed by atoms with Crippen molar-refractivity contribution in [1.29, 1.82) is 0 Å². The van der Waals surface area contributed by atoms with Gasteiger partial charge in [-0.2, -0.15) is 0 Å². The summed E-state index contributed by atoms with van der Waals surface area (Å²) in [5, 5.41) is 12.6. The van der Waals surface area contributed by atoms with Gasteiger partial charge in [-0.15, -0.1) is 17.9 Å². The highest BCUT2D eigenvalue weighted by Crippen LogP contribution is 2.34. The molecule has 1 aliphatic heterocycles. The fourth-order valence-electron chi connectivity index (χ4n) is 4.12. The number of thiophene rings is 1. The molecule has 0 radical (unpaired) electrons. The maximum absolute atomic E-state index is 13.5. The Bertz CT molecular complexity index is 952. The van der Waals surface area contributed by atoms with Gasteiger partial charge in [-0.25, -0.2) is 0 Å². The second kappa shape index (κ2) is 12.0. The Morgan fingerprint density at radius 3 is 2.88 bits per heavy atom. The van der Waals surface area contributed by atoms with Crippen LogP contribution in [0.3, 0.4) is 0 Å². The van der Waals surface area contributed by atoms with Crippen LogP contribution in [0.2, 0.25) is 0 Å². The molecule has 1 aromatic carbocycles. The van der Waals surface area contributed by atoms with Crippen LogP contribution in [0.5, 0.6) is 5.75 Å². The number of aliphatic hydroxyl groups is 1. The van der Waals surface area contributed by atoms with Crippen LogP contribution in [-0.2, 0) is 16.0 Å². The largest absolute Gasteiger partial charge is 0.491 e. The molecule has 1 amide bonds. The molecule has 6 nitrogen and oxygen atoms in total. The molecule has 0 saturated carbocycles. The topological polar surface area (TPSA) is 62.2 Å². The van der Waals surface area contributed by atoms with Crippen molar-refractivity contribution in [2.45, 2.75) is 51.9 Å². The summed E-state index contributed by atoms with van der Waals surface area (Å²) < 4.78 is 11.8. The first kappa shape index (κ1) is 26.4. The van der Waals surface area contributed by atoms with Gasteiger partial charge < -0.3 is 19.5 Å². The zero-order valence-corrected chi connectivity index (χ0v) is 21.6. The molecular formula is C27H38N2O4S. The smallest absolute Gasteiger partial charge is 0.237 e. The summed E-state index contributed by atoms with van der Waals surface area (Å²) in [4.78, 5) is 18.6. The summed E-state index contributed by atoms with van der Waals surface area (Å²) in [5.74, 6) is 0.838. The van der Waals surface area contributed by atoms with Crippen molar-refractivity contribution >= 4 is 17.2 Å². The fourth-order valence-corrected chi connectivity index (χ4v) is 5.05. The number of aliphatic hydroxyl groups excluding tert-OH is 1. The minimum absolute atomic E-state index is 0.0282. The van der Waals surface area contributed by atoms with Gasteiger partial charge in [-0.1, -0.05) is 18.2 Å². The molecule has 7 heteroatoms. The van der Waals surface area contributed by atoms with Crippen molar-refractivity contribution < 1.29 is 19.4 Å². The zero-order valence-electron chi connectivity index (χ0n) is 20.8. The van der Waals surface area contributed by atoms with Gasteiger partial charge in [0.15, 0.2) is 0 Å². The number of benzene rings is 1. The highest BCUT2D eigenvalue weighted by Gasteiger charge is 2.33. The van der Waals surface area contributed by atoms with Crippen LogP contribution < -0.4 is 4.74 Å². The van der Waals surface area contributed by atoms with E-state index in [9.17, 15) is 9.90 Å². The molecule has 186 valence electrons. The van der Waals surface area contributed by atoms with Crippen molar-refractivity contribution in [3.63, 3.8) is 0 Å². The molecule has 2 aromatic rings. The number of hydrogen-bond donors (Lipinski definition) is 1. The van der Waals surface area contributed by atoms with E-state index in [2.05, 4.69) is 18.0 Å². The second-order valence-electron chi connectivity index (χ2n) is 9.84. The lowest BCUT2D eigenvalue weighted by Gasteiger charge is -2.37. The Kier molecular flexibility index (Phi) is 9.31. The summed E-state index contributed by atoms with van der Waals surface area (Å²) in [5.41, 5.74) is 1.99. The van der Waals surface area contributed by atoms with Gasteiger partial charge in [0.1, 0.15) is 12.4 Å². The molecule has 0 bridgehead atoms. The van der Waals surface area contributed by atoms with Crippen LogP contribution >= 0.6 is 11.3 Å². The fraction of sp³-hybridized carbons (Fsp3) is 0.519. The number of hydrogen-bond acceptors (Lipinski definition) is 6. The molecule has 0 fully saturated rings. The highest BCUT2D eigenvalue weighted by molar-refractivity contribution is 7.10. The highest BCUT2D eigenvalue weighted by atomic mass is 32.1. The lowest BCUT2D eigenvalue weighted by atomic mass is 10.0. The minimum atomic E-state index is -0.683. The van der Waals surface area contributed by atoms with Gasteiger partial charge in [-0.3, -0.25) is 9.69 Å². The lowest BCUT2D eigenvalue weighted by Crippen LogP contribution is -2.48. The van der Waals surface area contributed by atoms with Crippen LogP contribution in [0, 0.1) is 6.92 Å². The van der Waals surface area contributed by atoms with Crippen LogP contribution in [0.15, 0.2) is 48.4 Å². The van der Waals surface area contributed by atoms with Gasteiger partial charge in [-0.05, 0) is 68.8 Å². The van der Waals surface area contributed by atoms with E-state index in [1.165, 1.54) is 10.4 Å². The average Bonchev–Trinajstić information content (AvgIpc) is 3.25. The molecule has 1 N–H and O–H groups in total. The molecule has 2 heterocycles. The number of aryl methyl sites for hydroxylation is 1. The van der Waals surface area contributed by atoms with Gasteiger partial charge >= 0.3 is 0 Å². The quantitative estimate of drug-likeness (QED) is 0.482. The van der Waals surface area contributed by atoms with E-state index in [4.69, 9.17) is 9.47 Å². The molecule has 2 atom stereocenters. The number of ether oxygens (including phenoxy) is 2. The number of nitrogens with zero attached hydrogens (tertiary/aromatic N) is 2. The van der Waals surface area contributed by atoms with E-state index < -0.39 is 6.10 Å². The summed E-state index contributed by atoms with van der Waals surface area (Å²) in [6, 6.07) is 9.95. The van der Waals surface area contributed by atoms with Crippen molar-refractivity contribution in [1.82, 2.24) is 9.80 Å². The molecule has 34 heavy (non-hydrogen) atoms. The minimum Gasteiger partial charge on any atom is -0.491 e. The van der Waals surface area contributed by atoms with E-state index in [-0.39, 0.29) is 30.7 Å². The van der Waals surface area contributed by atoms with E-state index in [1.807, 2.05) is 61.8 Å². The van der Waals surface area contributed by atoms with Crippen molar-refractivity contribution in [3.8, 4) is 5.75 Å². The number of carbonyl (C=O) groups is 1. The Balaban J connectivity index is 1.67. The summed E-state index contributed by atoms with van der Waals surface area (Å²) in [6.07, 6.45) is 1.93. The third-order valence-electron chi connectivity index (χ3n) is 5.74. The third kappa shape index (κ3) is 7.67. The second-order valence-corrected chi connectivity index (χ2v) is 10.8. The van der Waals surface area contributed by atoms with Crippen LogP contribution in [0.4, 0.5) is 0 Å². The number of amides is 1. The van der Waals surface area contributed by atoms with Crippen molar-refractivity contribution in [2.24, 2.45) is 0 Å². The van der Waals surface area contributed by atoms with Crippen LogP contribution in [0.25, 0.3) is 0 Å². The maximum atomic E-state index is 13.5. The van der Waals surface area contributed by atoms with Gasteiger partial charge in [0.05, 0.1) is 30.9 Å². The Morgan fingerprint density at radius 2 is 2.18 bits per heavy atom. The predicted molar refractivity (Wildman–Crippen MR) is 137 cm³/mol. The van der Waals surface area contributed by atoms with Crippen LogP contribution in [0.1, 0.15) is 42.8 Å². The molecule has 0 aliphatic carbocycles. The maximum Gasteiger partial charge on any atom is 0.237 e. The summed E-state index contributed by atoms with van der Waals surface area (Å²) in [7, 11) is 0. The number of carbonyl (C=O) groups excluding carboxylic acids is 1. The van der Waals surface area contributed by atoms with Crippen LogP contribution in [-0.4, -0.2) is 71.9 Å². The monoisotopic (exact) mass is 486 g/mol. The molecule has 3 rings (SSSR count). The lowest BCUT2D eigenvalue weighted by molar-refractivity contribution is -0.136. The standard InChI is InChI=1S/C27H38N2O4S/c1-6-12-28(16-21(30)18-33-27(3,4)5)17-26(31)29-13-10-25-23(11-14-34-25)24(29)19-32-22-9-7-8-20(2)15-22/h6-9,11,14-15,21,24,30H,1,10,12-13,16-19H2,2-5H3/t21-,24-/m0/s1. The molecule has 1 aromatic heterocycles. The first-order chi connectivity index (χ1) is 16.2. The first-order valence-electron chi connectivity index (χ1n) is 11.9. The zero-order chi connectivity index (χ0) is 24.7. The van der Waals surface area contributed by atoms with Gasteiger partial charge in [0.2, 0.25) is 5.91 Å². The molecule has 0 spiro atoms. The number of rotatable bonds is 11. The number of fused-ring (bicyclic) bond motifs is 1. The van der Waals surface area contributed by atoms with Gasteiger partial charge in [0, 0.05) is 24.5 Å². The van der Waals surface area contributed by atoms with E-state index in [0.717, 1.165) is 17.7 Å². The normalized spacial score (nSPS) is 16.9. The van der Waals surface area contributed by atoms with E-state index in [1.54, 1.807) is 17.4 Å². The summed E-state index contributed by atoms with van der Waals surface area (Å²) in [6.45, 7) is 14.1. The van der Waals surface area contributed by atoms with E-state index in [0.29, 0.717) is 26.2 Å². The third-order valence-corrected chi connectivity index (χ3v) is 6.73. The first-order valence-corrected chi connectivity index (χ1v) is 12.7. The Morgan fingerprint density at radius 1 is 1.38 bits per heavy atom.